The van der Waals surface area contributed by atoms with Crippen LogP contribution in [0.5, 0.6) is 0 Å². The molecule has 19 heavy (non-hydrogen) atoms. The Morgan fingerprint density at radius 2 is 2.05 bits per heavy atom. The normalized spacial score (nSPS) is 30.8. The van der Waals surface area contributed by atoms with Gasteiger partial charge in [0, 0.05) is 45.4 Å². The molecule has 4 heteroatoms. The van der Waals surface area contributed by atoms with Crippen LogP contribution < -0.4 is 5.32 Å². The molecule has 0 aromatic carbocycles. The highest BCUT2D eigenvalue weighted by atomic mass is 16.5. The third-order valence-corrected chi connectivity index (χ3v) is 4.43. The average Bonchev–Trinajstić information content (AvgIpc) is 2.38. The van der Waals surface area contributed by atoms with Crippen molar-refractivity contribution < 1.29 is 9.47 Å². The molecular weight excluding hydrogens is 240 g/mol. The molecule has 1 heterocycles. The highest BCUT2D eigenvalue weighted by Gasteiger charge is 2.36. The van der Waals surface area contributed by atoms with E-state index in [9.17, 15) is 0 Å². The third kappa shape index (κ3) is 4.71. The molecular formula is C15H32N2O2. The molecule has 1 aliphatic heterocycles. The second-order valence-corrected chi connectivity index (χ2v) is 6.35. The molecule has 0 saturated carbocycles. The van der Waals surface area contributed by atoms with Gasteiger partial charge in [0.1, 0.15) is 0 Å². The first-order chi connectivity index (χ1) is 8.95. The molecule has 0 radical (unpaired) electrons. The minimum absolute atomic E-state index is 0.158. The van der Waals surface area contributed by atoms with E-state index >= 15 is 0 Å². The molecule has 3 atom stereocenters. The number of nitrogens with zero attached hydrogens (tertiary/aromatic N) is 1. The zero-order chi connectivity index (χ0) is 14.5. The summed E-state index contributed by atoms with van der Waals surface area (Å²) in [6.07, 6.45) is 1.31. The van der Waals surface area contributed by atoms with Gasteiger partial charge in [0.2, 0.25) is 0 Å². The van der Waals surface area contributed by atoms with Crippen LogP contribution in [0.4, 0.5) is 0 Å². The SMILES string of the molecule is CCC1(C)CN(CC(COC)OC)C(C(C)C)CN1. The zero-order valence-electron chi connectivity index (χ0n) is 13.5. The maximum Gasteiger partial charge on any atom is 0.0931 e. The second kappa shape index (κ2) is 7.58. The molecule has 0 aromatic heterocycles. The van der Waals surface area contributed by atoms with Gasteiger partial charge in [0.15, 0.2) is 0 Å². The van der Waals surface area contributed by atoms with Crippen molar-refractivity contribution in [2.24, 2.45) is 5.92 Å². The van der Waals surface area contributed by atoms with Crippen LogP contribution in [0, 0.1) is 5.92 Å². The van der Waals surface area contributed by atoms with Gasteiger partial charge in [-0.3, -0.25) is 4.90 Å². The monoisotopic (exact) mass is 272 g/mol. The Morgan fingerprint density at radius 1 is 1.37 bits per heavy atom. The van der Waals surface area contributed by atoms with Gasteiger partial charge in [0.05, 0.1) is 12.7 Å². The van der Waals surface area contributed by atoms with Crippen molar-refractivity contribution in [2.45, 2.75) is 51.8 Å². The fourth-order valence-corrected chi connectivity index (χ4v) is 2.84. The van der Waals surface area contributed by atoms with E-state index in [0.717, 1.165) is 26.1 Å². The zero-order valence-corrected chi connectivity index (χ0v) is 13.5. The number of piperazine rings is 1. The number of ether oxygens (including phenoxy) is 2. The fourth-order valence-electron chi connectivity index (χ4n) is 2.84. The van der Waals surface area contributed by atoms with Crippen molar-refractivity contribution in [1.82, 2.24) is 10.2 Å². The van der Waals surface area contributed by atoms with Crippen molar-refractivity contribution in [1.29, 1.82) is 0 Å². The summed E-state index contributed by atoms with van der Waals surface area (Å²) in [4.78, 5) is 2.58. The summed E-state index contributed by atoms with van der Waals surface area (Å²) < 4.78 is 10.8. The highest BCUT2D eigenvalue weighted by Crippen LogP contribution is 2.23. The van der Waals surface area contributed by atoms with Crippen LogP contribution in [-0.2, 0) is 9.47 Å². The smallest absolute Gasteiger partial charge is 0.0931 e. The first-order valence-electron chi connectivity index (χ1n) is 7.46. The van der Waals surface area contributed by atoms with Crippen LogP contribution in [-0.4, -0.2) is 63.0 Å². The van der Waals surface area contributed by atoms with Crippen molar-refractivity contribution in [3.63, 3.8) is 0 Å². The quantitative estimate of drug-likeness (QED) is 0.765. The van der Waals surface area contributed by atoms with Gasteiger partial charge in [-0.15, -0.1) is 0 Å². The van der Waals surface area contributed by atoms with Gasteiger partial charge >= 0.3 is 0 Å². The Kier molecular flexibility index (Phi) is 6.74. The van der Waals surface area contributed by atoms with E-state index in [4.69, 9.17) is 9.47 Å². The van der Waals surface area contributed by atoms with Crippen LogP contribution in [0.1, 0.15) is 34.1 Å². The van der Waals surface area contributed by atoms with E-state index in [1.54, 1.807) is 14.2 Å². The number of methoxy groups -OCH3 is 2. The fraction of sp³-hybridized carbons (Fsp3) is 1.00. The van der Waals surface area contributed by atoms with Crippen molar-refractivity contribution in [3.8, 4) is 0 Å². The first kappa shape index (κ1) is 16.9. The Morgan fingerprint density at radius 3 is 2.53 bits per heavy atom. The Bertz CT molecular complexity index is 261. The van der Waals surface area contributed by atoms with E-state index in [1.165, 1.54) is 0 Å². The minimum atomic E-state index is 0.158. The molecule has 0 bridgehead atoms. The molecule has 0 amide bonds. The Labute approximate surface area is 118 Å². The predicted octanol–water partition coefficient (Wildman–Crippen LogP) is 1.75. The maximum atomic E-state index is 5.54. The molecule has 1 rings (SSSR count). The van der Waals surface area contributed by atoms with Crippen molar-refractivity contribution >= 4 is 0 Å². The third-order valence-electron chi connectivity index (χ3n) is 4.43. The average molecular weight is 272 g/mol. The molecule has 0 spiro atoms. The van der Waals surface area contributed by atoms with Gasteiger partial charge in [-0.2, -0.15) is 0 Å². The predicted molar refractivity (Wildman–Crippen MR) is 79.6 cm³/mol. The van der Waals surface area contributed by atoms with Crippen molar-refractivity contribution in [3.05, 3.63) is 0 Å². The molecule has 1 fully saturated rings. The summed E-state index contributed by atoms with van der Waals surface area (Å²) in [6, 6.07) is 0.578. The summed E-state index contributed by atoms with van der Waals surface area (Å²) in [6.45, 7) is 12.9. The highest BCUT2D eigenvalue weighted by molar-refractivity contribution is 4.95. The Hall–Kier alpha value is -0.160. The lowest BCUT2D eigenvalue weighted by Gasteiger charge is -2.48. The van der Waals surface area contributed by atoms with E-state index in [0.29, 0.717) is 18.6 Å². The molecule has 114 valence electrons. The lowest BCUT2D eigenvalue weighted by Crippen LogP contribution is -2.65. The van der Waals surface area contributed by atoms with Crippen LogP contribution in [0.25, 0.3) is 0 Å². The van der Waals surface area contributed by atoms with Crippen molar-refractivity contribution in [2.75, 3.05) is 40.5 Å². The van der Waals surface area contributed by atoms with Gasteiger partial charge in [-0.1, -0.05) is 20.8 Å². The van der Waals surface area contributed by atoms with E-state index in [-0.39, 0.29) is 11.6 Å². The lowest BCUT2D eigenvalue weighted by molar-refractivity contribution is -0.0264. The van der Waals surface area contributed by atoms with Gasteiger partial charge in [0.25, 0.3) is 0 Å². The van der Waals surface area contributed by atoms with E-state index < -0.39 is 0 Å². The van der Waals surface area contributed by atoms with Crippen LogP contribution in [0.3, 0.4) is 0 Å². The van der Waals surface area contributed by atoms with Gasteiger partial charge in [-0.25, -0.2) is 0 Å². The summed E-state index contributed by atoms with van der Waals surface area (Å²) in [5, 5.41) is 3.72. The number of rotatable bonds is 7. The molecule has 0 aromatic rings. The second-order valence-electron chi connectivity index (χ2n) is 6.35. The first-order valence-corrected chi connectivity index (χ1v) is 7.46. The Balaban J connectivity index is 2.71. The summed E-state index contributed by atoms with van der Waals surface area (Å²) in [5.74, 6) is 0.647. The summed E-state index contributed by atoms with van der Waals surface area (Å²) in [5.41, 5.74) is 0.219. The molecule has 3 unspecified atom stereocenters. The number of hydrogen-bond donors (Lipinski definition) is 1. The van der Waals surface area contributed by atoms with Crippen LogP contribution in [0.2, 0.25) is 0 Å². The number of hydrogen-bond acceptors (Lipinski definition) is 4. The van der Waals surface area contributed by atoms with Crippen LogP contribution in [0.15, 0.2) is 0 Å². The largest absolute Gasteiger partial charge is 0.382 e. The van der Waals surface area contributed by atoms with Crippen LogP contribution >= 0.6 is 0 Å². The molecule has 1 aliphatic rings. The standard InChI is InChI=1S/C15H32N2O2/c1-7-15(4)11-17(9-13(19-6)10-18-5)14(8-16-15)12(2)3/h12-14,16H,7-11H2,1-6H3. The molecule has 1 saturated heterocycles. The number of nitrogens with one attached hydrogen (secondary N) is 1. The van der Waals surface area contributed by atoms with Gasteiger partial charge in [-0.05, 0) is 19.3 Å². The van der Waals surface area contributed by atoms with Gasteiger partial charge < -0.3 is 14.8 Å². The summed E-state index contributed by atoms with van der Waals surface area (Å²) in [7, 11) is 3.51. The van der Waals surface area contributed by atoms with E-state index in [1.807, 2.05) is 0 Å². The topological polar surface area (TPSA) is 33.7 Å². The molecule has 0 aliphatic carbocycles. The summed E-state index contributed by atoms with van der Waals surface area (Å²) >= 11 is 0. The lowest BCUT2D eigenvalue weighted by atomic mass is 9.89. The minimum Gasteiger partial charge on any atom is -0.382 e. The maximum absolute atomic E-state index is 5.54. The molecule has 4 nitrogen and oxygen atoms in total. The molecule has 1 N–H and O–H groups in total. The van der Waals surface area contributed by atoms with E-state index in [2.05, 4.69) is 37.9 Å².